The van der Waals surface area contributed by atoms with Crippen molar-refractivity contribution in [3.05, 3.63) is 11.4 Å². The molecule has 2 rings (SSSR count). The van der Waals surface area contributed by atoms with Gasteiger partial charge in [0.2, 0.25) is 0 Å². The average Bonchev–Trinajstić information content (AvgIpc) is 2.39. The summed E-state index contributed by atoms with van der Waals surface area (Å²) in [5, 5.41) is 0. The minimum Gasteiger partial charge on any atom is -0.356 e. The predicted octanol–water partition coefficient (Wildman–Crippen LogP) is 2.60. The van der Waals surface area contributed by atoms with Crippen molar-refractivity contribution in [2.24, 2.45) is 11.8 Å². The number of aromatic nitrogens is 2. The van der Waals surface area contributed by atoms with Crippen LogP contribution in [0.15, 0.2) is 0 Å². The molecule has 1 aliphatic rings. The van der Waals surface area contributed by atoms with Crippen LogP contribution in [0.2, 0.25) is 0 Å². The van der Waals surface area contributed by atoms with Gasteiger partial charge in [0, 0.05) is 24.1 Å². The molecule has 0 aromatic carbocycles. The summed E-state index contributed by atoms with van der Waals surface area (Å²) in [5.74, 6) is 9.04. The van der Waals surface area contributed by atoms with E-state index in [1.165, 1.54) is 12.8 Å². The van der Waals surface area contributed by atoms with Crippen LogP contribution in [0.25, 0.3) is 0 Å². The zero-order valence-corrected chi connectivity index (χ0v) is 13.3. The Balaban J connectivity index is 2.40. The number of nitrogens with two attached hydrogens (primary N) is 1. The van der Waals surface area contributed by atoms with Gasteiger partial charge in [-0.05, 0) is 25.7 Å². The summed E-state index contributed by atoms with van der Waals surface area (Å²) in [6.07, 6.45) is 2.44. The van der Waals surface area contributed by atoms with Crippen LogP contribution in [0.3, 0.4) is 0 Å². The van der Waals surface area contributed by atoms with Gasteiger partial charge in [-0.15, -0.1) is 0 Å². The van der Waals surface area contributed by atoms with E-state index < -0.39 is 0 Å². The summed E-state index contributed by atoms with van der Waals surface area (Å²) < 4.78 is 0. The summed E-state index contributed by atoms with van der Waals surface area (Å²) in [7, 11) is 0. The lowest BCUT2D eigenvalue weighted by atomic mass is 9.95. The van der Waals surface area contributed by atoms with Crippen molar-refractivity contribution < 1.29 is 0 Å². The normalized spacial score (nSPS) is 17.4. The lowest BCUT2D eigenvalue weighted by Gasteiger charge is -2.33. The summed E-state index contributed by atoms with van der Waals surface area (Å²) in [4.78, 5) is 11.7. The number of rotatable bonds is 2. The minimum absolute atomic E-state index is 0.0862. The van der Waals surface area contributed by atoms with Gasteiger partial charge in [-0.3, -0.25) is 0 Å². The Kier molecular flexibility index (Phi) is 4.18. The van der Waals surface area contributed by atoms with Crippen molar-refractivity contribution in [2.75, 3.05) is 23.4 Å². The predicted molar refractivity (Wildman–Crippen MR) is 83.9 cm³/mol. The van der Waals surface area contributed by atoms with Crippen LogP contribution in [-0.4, -0.2) is 23.1 Å². The van der Waals surface area contributed by atoms with E-state index >= 15 is 0 Å². The Morgan fingerprint density at radius 3 is 2.30 bits per heavy atom. The molecule has 1 aromatic heterocycles. The van der Waals surface area contributed by atoms with Crippen LogP contribution in [-0.2, 0) is 5.41 Å². The smallest absolute Gasteiger partial charge is 0.148 e. The molecule has 1 saturated heterocycles. The number of hydrazine groups is 1. The fraction of sp³-hybridized carbons (Fsp3) is 0.733. The van der Waals surface area contributed by atoms with E-state index in [1.807, 2.05) is 6.92 Å². The molecular weight excluding hydrogens is 250 g/mol. The zero-order chi connectivity index (χ0) is 14.9. The fourth-order valence-corrected chi connectivity index (χ4v) is 2.51. The number of piperidine rings is 1. The fourth-order valence-electron chi connectivity index (χ4n) is 2.51. The third-order valence-corrected chi connectivity index (χ3v) is 4.01. The maximum absolute atomic E-state index is 5.62. The number of anilines is 2. The van der Waals surface area contributed by atoms with Crippen LogP contribution in [0.4, 0.5) is 11.6 Å². The summed E-state index contributed by atoms with van der Waals surface area (Å²) in [5.41, 5.74) is 3.67. The summed E-state index contributed by atoms with van der Waals surface area (Å²) >= 11 is 0. The molecule has 0 spiro atoms. The monoisotopic (exact) mass is 277 g/mol. The maximum Gasteiger partial charge on any atom is 0.148 e. The van der Waals surface area contributed by atoms with Crippen LogP contribution in [0.1, 0.15) is 51.9 Å². The molecule has 0 atom stereocenters. The van der Waals surface area contributed by atoms with E-state index in [9.17, 15) is 0 Å². The number of nitrogens with one attached hydrogen (secondary N) is 1. The van der Waals surface area contributed by atoms with Gasteiger partial charge in [-0.2, -0.15) is 0 Å². The first-order chi connectivity index (χ1) is 9.32. The first-order valence-electron chi connectivity index (χ1n) is 7.43. The van der Waals surface area contributed by atoms with Crippen molar-refractivity contribution in [1.82, 2.24) is 9.97 Å². The van der Waals surface area contributed by atoms with E-state index in [0.717, 1.165) is 42.0 Å². The van der Waals surface area contributed by atoms with Crippen molar-refractivity contribution >= 4 is 11.6 Å². The first-order valence-corrected chi connectivity index (χ1v) is 7.43. The molecule has 0 bridgehead atoms. The highest BCUT2D eigenvalue weighted by molar-refractivity contribution is 5.58. The minimum atomic E-state index is -0.0862. The van der Waals surface area contributed by atoms with E-state index in [1.54, 1.807) is 0 Å². The second kappa shape index (κ2) is 5.56. The van der Waals surface area contributed by atoms with Crippen LogP contribution in [0, 0.1) is 12.8 Å². The highest BCUT2D eigenvalue weighted by atomic mass is 15.3. The Morgan fingerprint density at radius 2 is 1.80 bits per heavy atom. The van der Waals surface area contributed by atoms with Gasteiger partial charge < -0.3 is 10.3 Å². The molecule has 0 unspecified atom stereocenters. The van der Waals surface area contributed by atoms with Crippen molar-refractivity contribution in [2.45, 2.75) is 52.9 Å². The zero-order valence-electron chi connectivity index (χ0n) is 13.3. The van der Waals surface area contributed by atoms with Gasteiger partial charge in [-0.1, -0.05) is 27.7 Å². The van der Waals surface area contributed by atoms with E-state index in [0.29, 0.717) is 0 Å². The van der Waals surface area contributed by atoms with Crippen LogP contribution in [0.5, 0.6) is 0 Å². The first kappa shape index (κ1) is 15.0. The van der Waals surface area contributed by atoms with Crippen molar-refractivity contribution in [1.29, 1.82) is 0 Å². The number of hydrogen-bond acceptors (Lipinski definition) is 5. The Bertz CT molecular complexity index is 470. The van der Waals surface area contributed by atoms with Crippen molar-refractivity contribution in [3.63, 3.8) is 0 Å². The number of hydrogen-bond donors (Lipinski definition) is 2. The SMILES string of the molecule is Cc1c(NN)nc(C(C)(C)C)nc1N1CCC(C)CC1. The van der Waals surface area contributed by atoms with Gasteiger partial charge in [0.1, 0.15) is 17.5 Å². The molecule has 1 fully saturated rings. The highest BCUT2D eigenvalue weighted by Crippen LogP contribution is 2.30. The third-order valence-electron chi connectivity index (χ3n) is 4.01. The van der Waals surface area contributed by atoms with Gasteiger partial charge >= 0.3 is 0 Å². The van der Waals surface area contributed by atoms with Crippen LogP contribution < -0.4 is 16.2 Å². The van der Waals surface area contributed by atoms with Gasteiger partial charge in [0.05, 0.1) is 0 Å². The molecule has 20 heavy (non-hydrogen) atoms. The molecule has 5 heteroatoms. The standard InChI is InChI=1S/C15H27N5/c1-10-6-8-20(9-7-10)13-11(2)12(19-16)17-14(18-13)15(3,4)5/h10H,6-9,16H2,1-5H3,(H,17,18,19). The Labute approximate surface area is 121 Å². The molecule has 3 N–H and O–H groups in total. The Hall–Kier alpha value is -1.36. The third kappa shape index (κ3) is 3.03. The summed E-state index contributed by atoms with van der Waals surface area (Å²) in [6, 6.07) is 0. The molecule has 1 aromatic rings. The average molecular weight is 277 g/mol. The topological polar surface area (TPSA) is 67.1 Å². The van der Waals surface area contributed by atoms with Crippen molar-refractivity contribution in [3.8, 4) is 0 Å². The number of nitrogen functional groups attached to an aromatic ring is 1. The van der Waals surface area contributed by atoms with Gasteiger partial charge in [0.15, 0.2) is 0 Å². The largest absolute Gasteiger partial charge is 0.356 e. The maximum atomic E-state index is 5.62. The lowest BCUT2D eigenvalue weighted by molar-refractivity contribution is 0.434. The molecule has 0 saturated carbocycles. The van der Waals surface area contributed by atoms with Gasteiger partial charge in [0.25, 0.3) is 0 Å². The second-order valence-corrected chi connectivity index (χ2v) is 6.91. The van der Waals surface area contributed by atoms with E-state index in [2.05, 4.69) is 43.0 Å². The second-order valence-electron chi connectivity index (χ2n) is 6.91. The molecule has 2 heterocycles. The number of nitrogens with zero attached hydrogens (tertiary/aromatic N) is 3. The van der Waals surface area contributed by atoms with Crippen LogP contribution >= 0.6 is 0 Å². The molecule has 5 nitrogen and oxygen atoms in total. The molecule has 1 aliphatic heterocycles. The van der Waals surface area contributed by atoms with E-state index in [4.69, 9.17) is 10.8 Å². The highest BCUT2D eigenvalue weighted by Gasteiger charge is 2.25. The Morgan fingerprint density at radius 1 is 1.20 bits per heavy atom. The molecular formula is C15H27N5. The van der Waals surface area contributed by atoms with E-state index in [-0.39, 0.29) is 5.41 Å². The molecule has 0 radical (unpaired) electrons. The summed E-state index contributed by atoms with van der Waals surface area (Å²) in [6.45, 7) is 12.9. The molecule has 0 amide bonds. The lowest BCUT2D eigenvalue weighted by Crippen LogP contribution is -2.35. The quantitative estimate of drug-likeness (QED) is 0.642. The molecule has 0 aliphatic carbocycles. The molecule has 112 valence electrons. The van der Waals surface area contributed by atoms with Gasteiger partial charge in [-0.25, -0.2) is 15.8 Å².